The summed E-state index contributed by atoms with van der Waals surface area (Å²) in [7, 11) is 1.68. The quantitative estimate of drug-likeness (QED) is 0.762. The summed E-state index contributed by atoms with van der Waals surface area (Å²) in [5.74, 6) is -0.372. The van der Waals surface area contributed by atoms with Gasteiger partial charge in [-0.2, -0.15) is 0 Å². The number of ether oxygens (including phenoxy) is 1. The van der Waals surface area contributed by atoms with Gasteiger partial charge in [-0.3, -0.25) is 4.79 Å². The number of thiophene rings is 1. The highest BCUT2D eigenvalue weighted by Crippen LogP contribution is 2.13. The number of carbonyl (C=O) groups is 1. The minimum atomic E-state index is -0.372. The van der Waals surface area contributed by atoms with Crippen molar-refractivity contribution in [3.8, 4) is 0 Å². The summed E-state index contributed by atoms with van der Waals surface area (Å²) >= 11 is 1.53. The topological polar surface area (TPSA) is 64.3 Å². The Morgan fingerprint density at radius 1 is 1.73 bits per heavy atom. The smallest absolute Gasteiger partial charge is 0.249 e. The molecule has 84 valence electrons. The first-order chi connectivity index (χ1) is 7.13. The maximum Gasteiger partial charge on any atom is 0.249 e. The Kier molecular flexibility index (Phi) is 4.74. The molecule has 3 N–H and O–H groups in total. The maximum atomic E-state index is 10.8. The van der Waals surface area contributed by atoms with E-state index in [1.54, 1.807) is 12.5 Å². The van der Waals surface area contributed by atoms with Gasteiger partial charge < -0.3 is 15.8 Å². The third-order valence-electron chi connectivity index (χ3n) is 2.07. The molecule has 4 nitrogen and oxygen atoms in total. The molecular weight excluding hydrogens is 212 g/mol. The van der Waals surface area contributed by atoms with Crippen LogP contribution in [0.15, 0.2) is 11.4 Å². The molecule has 1 heterocycles. The predicted octanol–water partition coefficient (Wildman–Crippen LogP) is 0.972. The summed E-state index contributed by atoms with van der Waals surface area (Å²) in [6, 6.07) is 1.82. The SMILES string of the molecule is COC(C)CNCc1cc(C(N)=O)cs1. The zero-order valence-corrected chi connectivity index (χ0v) is 9.76. The lowest BCUT2D eigenvalue weighted by Gasteiger charge is -2.09. The maximum absolute atomic E-state index is 10.8. The highest BCUT2D eigenvalue weighted by Gasteiger charge is 2.04. The summed E-state index contributed by atoms with van der Waals surface area (Å²) in [5.41, 5.74) is 5.73. The summed E-state index contributed by atoms with van der Waals surface area (Å²) in [6.45, 7) is 3.53. The van der Waals surface area contributed by atoms with Crippen LogP contribution in [0, 0.1) is 0 Å². The van der Waals surface area contributed by atoms with Gasteiger partial charge in [-0.1, -0.05) is 0 Å². The van der Waals surface area contributed by atoms with Crippen LogP contribution in [0.2, 0.25) is 0 Å². The lowest BCUT2D eigenvalue weighted by atomic mass is 10.3. The number of rotatable bonds is 6. The van der Waals surface area contributed by atoms with Gasteiger partial charge in [0.2, 0.25) is 5.91 Å². The molecule has 1 atom stereocenters. The molecular formula is C10H16N2O2S. The Hall–Kier alpha value is -0.910. The summed E-state index contributed by atoms with van der Waals surface area (Å²) in [6.07, 6.45) is 0.195. The van der Waals surface area contributed by atoms with Crippen molar-refractivity contribution >= 4 is 17.2 Å². The standard InChI is InChI=1S/C10H16N2O2S/c1-7(14-2)4-12-5-9-3-8(6-15-9)10(11)13/h3,6-7,12H,4-5H2,1-2H3,(H2,11,13). The third-order valence-corrected chi connectivity index (χ3v) is 3.01. The number of methoxy groups -OCH3 is 1. The van der Waals surface area contributed by atoms with E-state index in [1.165, 1.54) is 11.3 Å². The number of primary amides is 1. The second-order valence-electron chi connectivity index (χ2n) is 3.34. The summed E-state index contributed by atoms with van der Waals surface area (Å²) in [5, 5.41) is 5.01. The highest BCUT2D eigenvalue weighted by molar-refractivity contribution is 7.10. The average molecular weight is 228 g/mol. The summed E-state index contributed by atoms with van der Waals surface area (Å²) in [4.78, 5) is 11.9. The van der Waals surface area contributed by atoms with Crippen LogP contribution in [0.4, 0.5) is 0 Å². The Labute approximate surface area is 93.4 Å². The second kappa shape index (κ2) is 5.85. The highest BCUT2D eigenvalue weighted by atomic mass is 32.1. The summed E-state index contributed by atoms with van der Waals surface area (Å²) < 4.78 is 5.10. The Morgan fingerprint density at radius 2 is 2.47 bits per heavy atom. The van der Waals surface area contributed by atoms with Crippen molar-refractivity contribution in [2.45, 2.75) is 19.6 Å². The van der Waals surface area contributed by atoms with E-state index in [2.05, 4.69) is 5.32 Å². The van der Waals surface area contributed by atoms with E-state index in [4.69, 9.17) is 10.5 Å². The van der Waals surface area contributed by atoms with Gasteiger partial charge in [-0.05, 0) is 13.0 Å². The Balaban J connectivity index is 2.35. The van der Waals surface area contributed by atoms with Gasteiger partial charge >= 0.3 is 0 Å². The number of hydrogen-bond acceptors (Lipinski definition) is 4. The van der Waals surface area contributed by atoms with E-state index in [1.807, 2.05) is 13.0 Å². The van der Waals surface area contributed by atoms with Gasteiger partial charge in [-0.25, -0.2) is 0 Å². The Morgan fingerprint density at radius 3 is 3.00 bits per heavy atom. The molecule has 0 spiro atoms. The van der Waals surface area contributed by atoms with Gasteiger partial charge in [-0.15, -0.1) is 11.3 Å². The third kappa shape index (κ3) is 3.99. The van der Waals surface area contributed by atoms with Gasteiger partial charge in [0, 0.05) is 30.5 Å². The van der Waals surface area contributed by atoms with Crippen LogP contribution < -0.4 is 11.1 Å². The minimum Gasteiger partial charge on any atom is -0.380 e. The van der Waals surface area contributed by atoms with Crippen molar-refractivity contribution in [1.82, 2.24) is 5.32 Å². The Bertz CT molecular complexity index is 325. The van der Waals surface area contributed by atoms with Gasteiger partial charge in [0.1, 0.15) is 0 Å². The van der Waals surface area contributed by atoms with Gasteiger partial charge in [0.25, 0.3) is 0 Å². The van der Waals surface area contributed by atoms with Crippen LogP contribution >= 0.6 is 11.3 Å². The molecule has 0 saturated heterocycles. The molecule has 0 saturated carbocycles. The molecule has 1 amide bonds. The minimum absolute atomic E-state index is 0.195. The van der Waals surface area contributed by atoms with Crippen LogP contribution in [0.5, 0.6) is 0 Å². The fourth-order valence-electron chi connectivity index (χ4n) is 1.08. The number of carbonyl (C=O) groups excluding carboxylic acids is 1. The first-order valence-corrected chi connectivity index (χ1v) is 5.62. The van der Waals surface area contributed by atoms with Crippen LogP contribution in [-0.4, -0.2) is 25.7 Å². The van der Waals surface area contributed by atoms with Crippen molar-refractivity contribution in [1.29, 1.82) is 0 Å². The van der Waals surface area contributed by atoms with Crippen molar-refractivity contribution < 1.29 is 9.53 Å². The van der Waals surface area contributed by atoms with E-state index < -0.39 is 0 Å². The monoisotopic (exact) mass is 228 g/mol. The predicted molar refractivity (Wildman–Crippen MR) is 61.0 cm³/mol. The lowest BCUT2D eigenvalue weighted by Crippen LogP contribution is -2.25. The van der Waals surface area contributed by atoms with E-state index >= 15 is 0 Å². The van der Waals surface area contributed by atoms with Crippen LogP contribution in [0.1, 0.15) is 22.2 Å². The molecule has 1 rings (SSSR count). The molecule has 0 bridgehead atoms. The number of nitrogens with two attached hydrogens (primary N) is 1. The van der Waals surface area contributed by atoms with E-state index in [0.717, 1.165) is 18.0 Å². The van der Waals surface area contributed by atoms with Crippen molar-refractivity contribution in [2.75, 3.05) is 13.7 Å². The number of hydrogen-bond donors (Lipinski definition) is 2. The normalized spacial score (nSPS) is 12.7. The molecule has 1 aromatic heterocycles. The zero-order valence-electron chi connectivity index (χ0n) is 8.95. The molecule has 0 aliphatic carbocycles. The second-order valence-corrected chi connectivity index (χ2v) is 4.34. The molecule has 1 aromatic rings. The lowest BCUT2D eigenvalue weighted by molar-refractivity contribution is 0.100. The first kappa shape index (κ1) is 12.2. The zero-order chi connectivity index (χ0) is 11.3. The largest absolute Gasteiger partial charge is 0.380 e. The van der Waals surface area contributed by atoms with Crippen molar-refractivity contribution in [3.63, 3.8) is 0 Å². The van der Waals surface area contributed by atoms with E-state index in [0.29, 0.717) is 5.56 Å². The molecule has 0 fully saturated rings. The average Bonchev–Trinajstić information content (AvgIpc) is 2.66. The van der Waals surface area contributed by atoms with Gasteiger partial charge in [0.05, 0.1) is 11.7 Å². The fourth-order valence-corrected chi connectivity index (χ4v) is 1.93. The van der Waals surface area contributed by atoms with Crippen molar-refractivity contribution in [2.24, 2.45) is 5.73 Å². The van der Waals surface area contributed by atoms with Gasteiger partial charge in [0.15, 0.2) is 0 Å². The van der Waals surface area contributed by atoms with E-state index in [-0.39, 0.29) is 12.0 Å². The van der Waals surface area contributed by atoms with Crippen LogP contribution in [-0.2, 0) is 11.3 Å². The van der Waals surface area contributed by atoms with Crippen LogP contribution in [0.25, 0.3) is 0 Å². The van der Waals surface area contributed by atoms with E-state index in [9.17, 15) is 4.79 Å². The van der Waals surface area contributed by atoms with Crippen LogP contribution in [0.3, 0.4) is 0 Å². The molecule has 15 heavy (non-hydrogen) atoms. The molecule has 0 aliphatic rings. The number of amides is 1. The molecule has 0 radical (unpaired) electrons. The first-order valence-electron chi connectivity index (χ1n) is 4.74. The fraction of sp³-hybridized carbons (Fsp3) is 0.500. The molecule has 1 unspecified atom stereocenters. The molecule has 5 heteroatoms. The number of nitrogens with one attached hydrogen (secondary N) is 1. The molecule has 0 aromatic carbocycles. The van der Waals surface area contributed by atoms with Crippen molar-refractivity contribution in [3.05, 3.63) is 21.9 Å². The molecule has 0 aliphatic heterocycles.